The second-order valence-electron chi connectivity index (χ2n) is 8.74. The van der Waals surface area contributed by atoms with E-state index >= 15 is 0 Å². The number of nitrogens with zero attached hydrogens (tertiary/aromatic N) is 1. The Bertz CT molecular complexity index is 890. The van der Waals surface area contributed by atoms with Crippen LogP contribution in [0.1, 0.15) is 58.4 Å². The van der Waals surface area contributed by atoms with Gasteiger partial charge in [-0.1, -0.05) is 65.3 Å². The molecule has 1 heterocycles. The number of aromatic nitrogens is 1. The number of rotatable bonds is 0. The number of aryl methyl sites for hydroxylation is 1. The largest absolute Gasteiger partial charge is 0.252 e. The highest BCUT2D eigenvalue weighted by Crippen LogP contribution is 2.36. The average Bonchev–Trinajstić information content (AvgIpc) is 2.44. The molecule has 0 amide bonds. The van der Waals surface area contributed by atoms with E-state index in [2.05, 4.69) is 84.9 Å². The molecule has 0 aliphatic heterocycles. The minimum Gasteiger partial charge on any atom is -0.252 e. The zero-order chi connectivity index (χ0) is 17.0. The molecule has 2 aromatic carbocycles. The summed E-state index contributed by atoms with van der Waals surface area (Å²) in [5.41, 5.74) is 5.11. The van der Waals surface area contributed by atoms with Gasteiger partial charge in [0.1, 0.15) is 0 Å². The van der Waals surface area contributed by atoms with Crippen LogP contribution in [0.5, 0.6) is 0 Å². The van der Waals surface area contributed by atoms with Crippen molar-refractivity contribution in [3.8, 4) is 0 Å². The maximum atomic E-state index is 5.01. The molecular weight excluding hydrogens is 278 g/mol. The lowest BCUT2D eigenvalue weighted by Gasteiger charge is -2.24. The first-order chi connectivity index (χ1) is 10.6. The van der Waals surface area contributed by atoms with E-state index in [1.807, 2.05) is 0 Å². The van der Waals surface area contributed by atoms with E-state index < -0.39 is 0 Å². The van der Waals surface area contributed by atoms with Crippen molar-refractivity contribution in [2.75, 3.05) is 0 Å². The number of fused-ring (bicyclic) bond motifs is 3. The zero-order valence-electron chi connectivity index (χ0n) is 15.4. The SMILES string of the molecule is Cc1ccc2nc(C(C)(C)C)c3ccc(C(C)(C)C)cc3c2c1. The van der Waals surface area contributed by atoms with Gasteiger partial charge in [-0.2, -0.15) is 0 Å². The standard InChI is InChI=1S/C22H27N/c1-14-8-11-19-18(12-14)17-13-15(21(2,3)4)9-10-16(17)20(23-19)22(5,6)7/h8-13H,1-7H3. The number of hydrogen-bond acceptors (Lipinski definition) is 1. The van der Waals surface area contributed by atoms with E-state index in [9.17, 15) is 0 Å². The average molecular weight is 305 g/mol. The van der Waals surface area contributed by atoms with Crippen LogP contribution in [0.2, 0.25) is 0 Å². The lowest BCUT2D eigenvalue weighted by atomic mass is 9.83. The molecule has 0 saturated carbocycles. The third kappa shape index (κ3) is 2.85. The van der Waals surface area contributed by atoms with Crippen molar-refractivity contribution in [1.82, 2.24) is 4.98 Å². The maximum absolute atomic E-state index is 5.01. The van der Waals surface area contributed by atoms with Crippen molar-refractivity contribution in [3.63, 3.8) is 0 Å². The molecule has 3 aromatic rings. The molecule has 0 saturated heterocycles. The number of benzene rings is 2. The minimum absolute atomic E-state index is 0.0283. The summed E-state index contributed by atoms with van der Waals surface area (Å²) >= 11 is 0. The van der Waals surface area contributed by atoms with Crippen molar-refractivity contribution in [1.29, 1.82) is 0 Å². The van der Waals surface area contributed by atoms with Crippen LogP contribution >= 0.6 is 0 Å². The van der Waals surface area contributed by atoms with E-state index in [1.54, 1.807) is 0 Å². The Morgan fingerprint density at radius 2 is 1.39 bits per heavy atom. The fourth-order valence-corrected chi connectivity index (χ4v) is 3.16. The van der Waals surface area contributed by atoms with Crippen molar-refractivity contribution in [2.45, 2.75) is 59.3 Å². The highest BCUT2D eigenvalue weighted by atomic mass is 14.7. The minimum atomic E-state index is 0.0283. The van der Waals surface area contributed by atoms with Crippen molar-refractivity contribution in [3.05, 3.63) is 53.2 Å². The lowest BCUT2D eigenvalue weighted by molar-refractivity contribution is 0.577. The van der Waals surface area contributed by atoms with E-state index in [1.165, 1.54) is 33.0 Å². The summed E-state index contributed by atoms with van der Waals surface area (Å²) in [4.78, 5) is 5.01. The summed E-state index contributed by atoms with van der Waals surface area (Å²) in [6.45, 7) is 15.7. The molecule has 1 heteroatoms. The number of pyridine rings is 1. The highest BCUT2D eigenvalue weighted by molar-refractivity contribution is 6.07. The van der Waals surface area contributed by atoms with Crippen LogP contribution in [0, 0.1) is 6.92 Å². The Hall–Kier alpha value is -1.89. The van der Waals surface area contributed by atoms with E-state index in [-0.39, 0.29) is 10.8 Å². The van der Waals surface area contributed by atoms with Crippen LogP contribution < -0.4 is 0 Å². The van der Waals surface area contributed by atoms with Gasteiger partial charge in [0.15, 0.2) is 0 Å². The van der Waals surface area contributed by atoms with Gasteiger partial charge in [-0.15, -0.1) is 0 Å². The Morgan fingerprint density at radius 3 is 2.00 bits per heavy atom. The van der Waals surface area contributed by atoms with Crippen LogP contribution in [0.3, 0.4) is 0 Å². The molecule has 23 heavy (non-hydrogen) atoms. The Morgan fingerprint density at radius 1 is 0.696 bits per heavy atom. The van der Waals surface area contributed by atoms with Crippen LogP contribution in [0.25, 0.3) is 21.7 Å². The Labute approximate surface area is 139 Å². The van der Waals surface area contributed by atoms with Gasteiger partial charge in [0.25, 0.3) is 0 Å². The van der Waals surface area contributed by atoms with Crippen molar-refractivity contribution >= 4 is 21.7 Å². The molecule has 1 aromatic heterocycles. The van der Waals surface area contributed by atoms with E-state index in [0.717, 1.165) is 5.52 Å². The van der Waals surface area contributed by atoms with E-state index in [4.69, 9.17) is 4.98 Å². The van der Waals surface area contributed by atoms with E-state index in [0.29, 0.717) is 0 Å². The summed E-state index contributed by atoms with van der Waals surface area (Å²) in [6, 6.07) is 13.5. The quantitative estimate of drug-likeness (QED) is 0.445. The van der Waals surface area contributed by atoms with Crippen LogP contribution in [0.15, 0.2) is 36.4 Å². The van der Waals surface area contributed by atoms with Gasteiger partial charge in [0.05, 0.1) is 11.2 Å². The predicted molar refractivity (Wildman–Crippen MR) is 101 cm³/mol. The smallest absolute Gasteiger partial charge is 0.0712 e. The first-order valence-corrected chi connectivity index (χ1v) is 8.42. The van der Waals surface area contributed by atoms with Gasteiger partial charge >= 0.3 is 0 Å². The van der Waals surface area contributed by atoms with Gasteiger partial charge in [-0.25, -0.2) is 0 Å². The summed E-state index contributed by atoms with van der Waals surface area (Å²) in [7, 11) is 0. The molecule has 0 fully saturated rings. The summed E-state index contributed by atoms with van der Waals surface area (Å²) in [5, 5.41) is 3.87. The second-order valence-corrected chi connectivity index (χ2v) is 8.74. The fourth-order valence-electron chi connectivity index (χ4n) is 3.16. The summed E-state index contributed by atoms with van der Waals surface area (Å²) in [5.74, 6) is 0. The third-order valence-corrected chi connectivity index (χ3v) is 4.53. The first-order valence-electron chi connectivity index (χ1n) is 8.42. The first kappa shape index (κ1) is 16.0. The monoisotopic (exact) mass is 305 g/mol. The zero-order valence-corrected chi connectivity index (χ0v) is 15.4. The van der Waals surface area contributed by atoms with Gasteiger partial charge in [-0.05, 0) is 41.5 Å². The Balaban J connectivity index is 2.50. The molecule has 120 valence electrons. The molecule has 0 bridgehead atoms. The molecule has 0 N–H and O–H groups in total. The maximum Gasteiger partial charge on any atom is 0.0712 e. The van der Waals surface area contributed by atoms with Crippen LogP contribution in [0.4, 0.5) is 0 Å². The predicted octanol–water partition coefficient (Wildman–Crippen LogP) is 6.29. The number of hydrogen-bond donors (Lipinski definition) is 0. The highest BCUT2D eigenvalue weighted by Gasteiger charge is 2.22. The molecule has 0 unspecified atom stereocenters. The van der Waals surface area contributed by atoms with Gasteiger partial charge < -0.3 is 0 Å². The third-order valence-electron chi connectivity index (χ3n) is 4.53. The molecule has 0 aliphatic rings. The van der Waals surface area contributed by atoms with Crippen LogP contribution in [-0.2, 0) is 10.8 Å². The Kier molecular flexibility index (Phi) is 3.51. The molecule has 3 rings (SSSR count). The fraction of sp³-hybridized carbons (Fsp3) is 0.409. The molecule has 0 radical (unpaired) electrons. The molecule has 0 atom stereocenters. The van der Waals surface area contributed by atoms with Gasteiger partial charge in [0.2, 0.25) is 0 Å². The molecule has 1 nitrogen and oxygen atoms in total. The molecular formula is C22H27N. The van der Waals surface area contributed by atoms with Crippen LogP contribution in [-0.4, -0.2) is 4.98 Å². The molecule has 0 spiro atoms. The topological polar surface area (TPSA) is 12.9 Å². The summed E-state index contributed by atoms with van der Waals surface area (Å²) in [6.07, 6.45) is 0. The summed E-state index contributed by atoms with van der Waals surface area (Å²) < 4.78 is 0. The van der Waals surface area contributed by atoms with Gasteiger partial charge in [-0.3, -0.25) is 4.98 Å². The second kappa shape index (κ2) is 5.06. The van der Waals surface area contributed by atoms with Gasteiger partial charge in [0, 0.05) is 16.2 Å². The molecule has 0 aliphatic carbocycles. The van der Waals surface area contributed by atoms with Crippen molar-refractivity contribution < 1.29 is 0 Å². The lowest BCUT2D eigenvalue weighted by Crippen LogP contribution is -2.15. The normalized spacial score (nSPS) is 13.0. The van der Waals surface area contributed by atoms with Crippen molar-refractivity contribution in [2.24, 2.45) is 0 Å².